The van der Waals surface area contributed by atoms with Crippen LogP contribution >= 0.6 is 0 Å². The van der Waals surface area contributed by atoms with Crippen LogP contribution in [0.1, 0.15) is 43.0 Å². The largest absolute Gasteiger partial charge is 0.497 e. The molecule has 0 fully saturated rings. The number of benzene rings is 4. The zero-order chi connectivity index (χ0) is 29.9. The molecular formula is C34H32O8. The number of carbonyl (C=O) groups is 2. The van der Waals surface area contributed by atoms with E-state index in [1.165, 1.54) is 7.11 Å². The normalized spacial score (nSPS) is 13.2. The third kappa shape index (κ3) is 5.05. The molecule has 0 unspecified atom stereocenters. The Morgan fingerprint density at radius 3 is 1.93 bits per heavy atom. The number of hydrogen-bond donors (Lipinski definition) is 0. The zero-order valence-corrected chi connectivity index (χ0v) is 24.2. The van der Waals surface area contributed by atoms with Gasteiger partial charge in [0.15, 0.2) is 5.60 Å². The smallest absolute Gasteiger partial charge is 0.339 e. The summed E-state index contributed by atoms with van der Waals surface area (Å²) in [5, 5.41) is 1.41. The average Bonchev–Trinajstić information content (AvgIpc) is 3.04. The summed E-state index contributed by atoms with van der Waals surface area (Å²) in [5.74, 6) is 0.910. The fourth-order valence-corrected chi connectivity index (χ4v) is 5.26. The van der Waals surface area contributed by atoms with Crippen LogP contribution in [0.25, 0.3) is 16.8 Å². The topological polar surface area (TPSA) is 89.5 Å². The van der Waals surface area contributed by atoms with Crippen LogP contribution in [0.2, 0.25) is 0 Å². The van der Waals surface area contributed by atoms with Gasteiger partial charge in [-0.15, -0.1) is 0 Å². The molecule has 0 bridgehead atoms. The summed E-state index contributed by atoms with van der Waals surface area (Å²) in [4.78, 5) is 25.9. The van der Waals surface area contributed by atoms with Gasteiger partial charge >= 0.3 is 11.9 Å². The third-order valence-electron chi connectivity index (χ3n) is 7.49. The Kier molecular flexibility index (Phi) is 8.17. The van der Waals surface area contributed by atoms with Crippen molar-refractivity contribution in [3.63, 3.8) is 0 Å². The first-order valence-electron chi connectivity index (χ1n) is 13.4. The second-order valence-electron chi connectivity index (χ2n) is 9.75. The molecule has 0 aromatic heterocycles. The van der Waals surface area contributed by atoms with Crippen molar-refractivity contribution >= 4 is 28.8 Å². The van der Waals surface area contributed by atoms with E-state index in [0.29, 0.717) is 44.9 Å². The first kappa shape index (κ1) is 28.7. The summed E-state index contributed by atoms with van der Waals surface area (Å²) in [6, 6.07) is 20.5. The summed E-state index contributed by atoms with van der Waals surface area (Å²) in [6.07, 6.45) is 3.85. The van der Waals surface area contributed by atoms with Crippen molar-refractivity contribution in [2.45, 2.75) is 12.5 Å². The van der Waals surface area contributed by atoms with Crippen molar-refractivity contribution in [3.05, 3.63) is 106 Å². The summed E-state index contributed by atoms with van der Waals surface area (Å²) in [7, 11) is 6.11. The molecule has 0 amide bonds. The molecule has 0 N–H and O–H groups in total. The molecule has 1 aliphatic heterocycles. The molecule has 4 aromatic rings. The van der Waals surface area contributed by atoms with Crippen LogP contribution in [0.4, 0.5) is 0 Å². The van der Waals surface area contributed by atoms with E-state index in [4.69, 9.17) is 28.4 Å². The van der Waals surface area contributed by atoms with Gasteiger partial charge in [0.25, 0.3) is 0 Å². The first-order valence-corrected chi connectivity index (χ1v) is 13.4. The van der Waals surface area contributed by atoms with Crippen LogP contribution in [-0.2, 0) is 19.8 Å². The van der Waals surface area contributed by atoms with Crippen LogP contribution in [0.5, 0.6) is 17.2 Å². The number of methoxy groups -OCH3 is 4. The molecule has 0 aliphatic carbocycles. The lowest BCUT2D eigenvalue weighted by molar-refractivity contribution is 0.0386. The fourth-order valence-electron chi connectivity index (χ4n) is 5.26. The minimum Gasteiger partial charge on any atom is -0.497 e. The highest BCUT2D eigenvalue weighted by molar-refractivity contribution is 6.08. The molecular weight excluding hydrogens is 536 g/mol. The number of carbonyl (C=O) groups excluding carboxylic acids is 2. The van der Waals surface area contributed by atoms with E-state index in [2.05, 4.69) is 0 Å². The maximum atomic E-state index is 13.5. The van der Waals surface area contributed by atoms with Gasteiger partial charge in [0, 0.05) is 29.2 Å². The van der Waals surface area contributed by atoms with Gasteiger partial charge in [-0.25, -0.2) is 9.59 Å². The standard InChI is InChI=1S/C34H32O8/c1-21-29-20-22(32(35)40-5)6-15-27(29)31-28(30(21)33(36)41-19-18-37-2)16-17-34(42-31,23-7-11-25(38-3)12-8-23)24-9-13-26(39-4)14-10-24/h6-17,20H,18-19H2,1-5H3. The van der Waals surface area contributed by atoms with Gasteiger partial charge in [0.05, 0.1) is 39.1 Å². The maximum absolute atomic E-state index is 13.5. The Morgan fingerprint density at radius 1 is 0.762 bits per heavy atom. The molecule has 1 aliphatic rings. The lowest BCUT2D eigenvalue weighted by Gasteiger charge is -2.37. The highest BCUT2D eigenvalue weighted by atomic mass is 16.6. The number of esters is 2. The highest BCUT2D eigenvalue weighted by Gasteiger charge is 2.39. The molecule has 216 valence electrons. The van der Waals surface area contributed by atoms with E-state index >= 15 is 0 Å². The number of rotatable bonds is 9. The van der Waals surface area contributed by atoms with Crippen LogP contribution in [-0.4, -0.2) is 53.6 Å². The number of ether oxygens (including phenoxy) is 6. The van der Waals surface area contributed by atoms with Gasteiger partial charge in [0.2, 0.25) is 0 Å². The first-order chi connectivity index (χ1) is 20.4. The van der Waals surface area contributed by atoms with Gasteiger partial charge < -0.3 is 28.4 Å². The van der Waals surface area contributed by atoms with Gasteiger partial charge in [-0.2, -0.15) is 0 Å². The quantitative estimate of drug-likeness (QED) is 0.177. The predicted octanol–water partition coefficient (Wildman–Crippen LogP) is 6.10. The van der Waals surface area contributed by atoms with Crippen molar-refractivity contribution in [3.8, 4) is 17.2 Å². The Morgan fingerprint density at radius 2 is 1.38 bits per heavy atom. The molecule has 0 saturated carbocycles. The summed E-state index contributed by atoms with van der Waals surface area (Å²) < 4.78 is 33.4. The Bertz CT molecular complexity index is 1610. The summed E-state index contributed by atoms with van der Waals surface area (Å²) in [5.41, 5.74) is 2.59. The van der Waals surface area contributed by atoms with E-state index < -0.39 is 17.5 Å². The Labute approximate surface area is 244 Å². The molecule has 1 heterocycles. The molecule has 5 rings (SSSR count). The molecule has 8 nitrogen and oxygen atoms in total. The van der Waals surface area contributed by atoms with Crippen molar-refractivity contribution in [2.24, 2.45) is 0 Å². The van der Waals surface area contributed by atoms with Crippen molar-refractivity contribution in [1.82, 2.24) is 0 Å². The van der Waals surface area contributed by atoms with Crippen molar-refractivity contribution < 1.29 is 38.0 Å². The number of hydrogen-bond acceptors (Lipinski definition) is 8. The minimum absolute atomic E-state index is 0.0932. The zero-order valence-electron chi connectivity index (χ0n) is 24.2. The fraction of sp³-hybridized carbons (Fsp3) is 0.235. The van der Waals surface area contributed by atoms with E-state index in [1.54, 1.807) is 33.5 Å². The lowest BCUT2D eigenvalue weighted by atomic mass is 9.82. The van der Waals surface area contributed by atoms with E-state index in [0.717, 1.165) is 16.5 Å². The van der Waals surface area contributed by atoms with Crippen LogP contribution in [0, 0.1) is 6.92 Å². The Balaban J connectivity index is 1.77. The number of fused-ring (bicyclic) bond motifs is 3. The SMILES string of the molecule is COCCOC(=O)c1c2c(c3ccc(C(=O)OC)cc3c1C)OC(c1ccc(OC)cc1)(c1ccc(OC)cc1)C=C2. The molecule has 4 aromatic carbocycles. The van der Waals surface area contributed by atoms with E-state index in [-0.39, 0.29) is 13.2 Å². The summed E-state index contributed by atoms with van der Waals surface area (Å²) in [6.45, 7) is 2.19. The van der Waals surface area contributed by atoms with Crippen LogP contribution < -0.4 is 14.2 Å². The molecule has 0 atom stereocenters. The minimum atomic E-state index is -1.06. The van der Waals surface area contributed by atoms with Gasteiger partial charge in [-0.1, -0.05) is 24.3 Å². The molecule has 0 radical (unpaired) electrons. The molecule has 0 saturated heterocycles. The third-order valence-corrected chi connectivity index (χ3v) is 7.49. The maximum Gasteiger partial charge on any atom is 0.339 e. The van der Waals surface area contributed by atoms with Crippen molar-refractivity contribution in [1.29, 1.82) is 0 Å². The number of aryl methyl sites for hydroxylation is 1. The predicted molar refractivity (Wildman–Crippen MR) is 159 cm³/mol. The van der Waals surface area contributed by atoms with Gasteiger partial charge in [-0.3, -0.25) is 0 Å². The van der Waals surface area contributed by atoms with Crippen molar-refractivity contribution in [2.75, 3.05) is 41.7 Å². The highest BCUT2D eigenvalue weighted by Crippen LogP contribution is 2.48. The van der Waals surface area contributed by atoms with E-state index in [1.807, 2.05) is 73.7 Å². The lowest BCUT2D eigenvalue weighted by Crippen LogP contribution is -2.35. The van der Waals surface area contributed by atoms with Crippen LogP contribution in [0.3, 0.4) is 0 Å². The Hall–Kier alpha value is -4.82. The van der Waals surface area contributed by atoms with Gasteiger partial charge in [-0.05, 0) is 72.5 Å². The molecule has 8 heteroatoms. The van der Waals surface area contributed by atoms with Crippen LogP contribution in [0.15, 0.2) is 72.8 Å². The average molecular weight is 569 g/mol. The molecule has 0 spiro atoms. The summed E-state index contributed by atoms with van der Waals surface area (Å²) >= 11 is 0. The molecule has 42 heavy (non-hydrogen) atoms. The monoisotopic (exact) mass is 568 g/mol. The van der Waals surface area contributed by atoms with Gasteiger partial charge in [0.1, 0.15) is 23.9 Å². The second-order valence-corrected chi connectivity index (χ2v) is 9.75. The van der Waals surface area contributed by atoms with E-state index in [9.17, 15) is 9.59 Å². The second kappa shape index (κ2) is 12.0.